The molecule has 158 valence electrons. The van der Waals surface area contributed by atoms with Gasteiger partial charge in [-0.2, -0.15) is 0 Å². The summed E-state index contributed by atoms with van der Waals surface area (Å²) in [5.41, 5.74) is 6.98. The molecule has 0 aromatic heterocycles. The van der Waals surface area contributed by atoms with Gasteiger partial charge in [-0.3, -0.25) is 0 Å². The Morgan fingerprint density at radius 2 is 1.29 bits per heavy atom. The van der Waals surface area contributed by atoms with E-state index < -0.39 is 0 Å². The Labute approximate surface area is 184 Å². The van der Waals surface area contributed by atoms with E-state index in [0.29, 0.717) is 5.56 Å². The topological polar surface area (TPSA) is 26.3 Å². The monoisotopic (exact) mass is 410 g/mol. The van der Waals surface area contributed by atoms with Gasteiger partial charge >= 0.3 is 5.97 Å². The van der Waals surface area contributed by atoms with Crippen molar-refractivity contribution < 1.29 is 9.53 Å². The molecule has 0 saturated heterocycles. The third kappa shape index (κ3) is 3.95. The van der Waals surface area contributed by atoms with Gasteiger partial charge in [0.05, 0.1) is 12.7 Å². The number of carbonyl (C=O) groups excluding carboxylic acids is 1. The van der Waals surface area contributed by atoms with Crippen LogP contribution in [0, 0.1) is 6.92 Å². The Balaban J connectivity index is 1.72. The first-order valence-corrected chi connectivity index (χ1v) is 11.2. The number of fused-ring (bicyclic) bond motifs is 2. The molecule has 0 fully saturated rings. The standard InChI is InChI=1S/C29H30O2/c1-5-22-24-9-7-8-10-25(24)23(6-2)28-18-21(15-16-26(22)28)14-13-20-12-11-19(3)27(17-20)29(30)31-4/h7-12,15-18H,5-6,13-14H2,1-4H3. The van der Waals surface area contributed by atoms with Crippen LogP contribution >= 0.6 is 0 Å². The summed E-state index contributed by atoms with van der Waals surface area (Å²) in [5.74, 6) is -0.267. The Bertz CT molecular complexity index is 1270. The SMILES string of the molecule is CCc1c2ccccc2c(CC)c2cc(CCc3ccc(C)c(C(=O)OC)c3)ccc12. The van der Waals surface area contributed by atoms with Gasteiger partial charge in [0.2, 0.25) is 0 Å². The van der Waals surface area contributed by atoms with Gasteiger partial charge in [0.15, 0.2) is 0 Å². The fourth-order valence-electron chi connectivity index (χ4n) is 4.76. The highest BCUT2D eigenvalue weighted by Crippen LogP contribution is 2.34. The third-order valence-corrected chi connectivity index (χ3v) is 6.43. The van der Waals surface area contributed by atoms with Gasteiger partial charge in [-0.25, -0.2) is 4.79 Å². The summed E-state index contributed by atoms with van der Waals surface area (Å²) in [6, 6.07) is 21.9. The number of ether oxygens (including phenoxy) is 1. The quantitative estimate of drug-likeness (QED) is 0.253. The van der Waals surface area contributed by atoms with Crippen LogP contribution in [0.25, 0.3) is 21.5 Å². The lowest BCUT2D eigenvalue weighted by Gasteiger charge is -2.16. The number of aryl methyl sites for hydroxylation is 5. The number of carbonyl (C=O) groups is 1. The fraction of sp³-hybridized carbons (Fsp3) is 0.276. The molecule has 0 radical (unpaired) electrons. The highest BCUT2D eigenvalue weighted by atomic mass is 16.5. The van der Waals surface area contributed by atoms with Crippen molar-refractivity contribution in [2.45, 2.75) is 46.5 Å². The predicted octanol–water partition coefficient (Wildman–Crippen LogP) is 7.00. The zero-order chi connectivity index (χ0) is 22.0. The molecule has 0 aliphatic rings. The van der Waals surface area contributed by atoms with E-state index in [1.165, 1.54) is 45.3 Å². The van der Waals surface area contributed by atoms with E-state index >= 15 is 0 Å². The van der Waals surface area contributed by atoms with Crippen molar-refractivity contribution in [3.8, 4) is 0 Å². The van der Waals surface area contributed by atoms with Crippen molar-refractivity contribution in [2.24, 2.45) is 0 Å². The largest absolute Gasteiger partial charge is 0.465 e. The maximum absolute atomic E-state index is 12.0. The second-order valence-corrected chi connectivity index (χ2v) is 8.23. The van der Waals surface area contributed by atoms with Gasteiger partial charge in [0.1, 0.15) is 0 Å². The van der Waals surface area contributed by atoms with Crippen molar-refractivity contribution in [1.29, 1.82) is 0 Å². The molecular weight excluding hydrogens is 380 g/mol. The van der Waals surface area contributed by atoms with Crippen LogP contribution in [-0.2, 0) is 30.4 Å². The summed E-state index contributed by atoms with van der Waals surface area (Å²) in [5, 5.41) is 5.53. The van der Waals surface area contributed by atoms with E-state index in [2.05, 4.69) is 62.4 Å². The molecule has 2 nitrogen and oxygen atoms in total. The maximum atomic E-state index is 12.0. The van der Waals surface area contributed by atoms with Crippen LogP contribution in [0.5, 0.6) is 0 Å². The van der Waals surface area contributed by atoms with Crippen molar-refractivity contribution in [3.63, 3.8) is 0 Å². The van der Waals surface area contributed by atoms with Gasteiger partial charge in [-0.15, -0.1) is 0 Å². The molecule has 31 heavy (non-hydrogen) atoms. The number of hydrogen-bond acceptors (Lipinski definition) is 2. The normalized spacial score (nSPS) is 11.2. The second-order valence-electron chi connectivity index (χ2n) is 8.23. The minimum Gasteiger partial charge on any atom is -0.465 e. The van der Waals surface area contributed by atoms with E-state index in [0.717, 1.165) is 36.8 Å². The van der Waals surface area contributed by atoms with Crippen LogP contribution in [0.15, 0.2) is 60.7 Å². The van der Waals surface area contributed by atoms with E-state index in [4.69, 9.17) is 4.74 Å². The lowest BCUT2D eigenvalue weighted by atomic mass is 9.88. The average Bonchev–Trinajstić information content (AvgIpc) is 2.81. The van der Waals surface area contributed by atoms with Crippen LogP contribution in [0.1, 0.15) is 52.0 Å². The lowest BCUT2D eigenvalue weighted by molar-refractivity contribution is 0.0600. The zero-order valence-electron chi connectivity index (χ0n) is 18.9. The molecule has 0 unspecified atom stereocenters. The number of benzene rings is 4. The van der Waals surface area contributed by atoms with Gasteiger partial charge < -0.3 is 4.74 Å². The highest BCUT2D eigenvalue weighted by molar-refractivity contribution is 6.06. The Morgan fingerprint density at radius 1 is 0.742 bits per heavy atom. The molecule has 0 N–H and O–H groups in total. The summed E-state index contributed by atoms with van der Waals surface area (Å²) in [6.45, 7) is 6.44. The molecule has 4 aromatic carbocycles. The number of hydrogen-bond donors (Lipinski definition) is 0. The molecule has 0 atom stereocenters. The summed E-state index contributed by atoms with van der Waals surface area (Å²) in [6.07, 6.45) is 3.88. The van der Waals surface area contributed by atoms with Crippen molar-refractivity contribution in [3.05, 3.63) is 94.0 Å². The van der Waals surface area contributed by atoms with Crippen LogP contribution in [-0.4, -0.2) is 13.1 Å². The first-order valence-electron chi connectivity index (χ1n) is 11.2. The molecule has 4 aromatic rings. The van der Waals surface area contributed by atoms with E-state index in [-0.39, 0.29) is 5.97 Å². The van der Waals surface area contributed by atoms with Crippen LogP contribution in [0.2, 0.25) is 0 Å². The number of methoxy groups -OCH3 is 1. The molecule has 0 aliphatic heterocycles. The van der Waals surface area contributed by atoms with E-state index in [9.17, 15) is 4.79 Å². The first-order chi connectivity index (χ1) is 15.1. The molecular formula is C29H30O2. The van der Waals surface area contributed by atoms with E-state index in [1.54, 1.807) is 0 Å². The highest BCUT2D eigenvalue weighted by Gasteiger charge is 2.13. The molecule has 0 amide bonds. The minimum atomic E-state index is -0.267. The molecule has 4 rings (SSSR count). The Kier molecular flexibility index (Phi) is 6.08. The fourth-order valence-corrected chi connectivity index (χ4v) is 4.76. The van der Waals surface area contributed by atoms with Crippen molar-refractivity contribution >= 4 is 27.5 Å². The van der Waals surface area contributed by atoms with Crippen LogP contribution in [0.4, 0.5) is 0 Å². The Hall–Kier alpha value is -3.13. The molecule has 2 heteroatoms. The second kappa shape index (κ2) is 8.93. The Morgan fingerprint density at radius 3 is 1.90 bits per heavy atom. The average molecular weight is 411 g/mol. The first kappa shape index (κ1) is 21.1. The lowest BCUT2D eigenvalue weighted by Crippen LogP contribution is -2.05. The van der Waals surface area contributed by atoms with Gasteiger partial charge in [0.25, 0.3) is 0 Å². The van der Waals surface area contributed by atoms with Gasteiger partial charge in [-0.1, -0.05) is 68.4 Å². The van der Waals surface area contributed by atoms with Crippen LogP contribution < -0.4 is 0 Å². The maximum Gasteiger partial charge on any atom is 0.338 e. The molecule has 0 heterocycles. The van der Waals surface area contributed by atoms with E-state index in [1.807, 2.05) is 19.1 Å². The zero-order valence-corrected chi connectivity index (χ0v) is 18.9. The van der Waals surface area contributed by atoms with Crippen molar-refractivity contribution in [2.75, 3.05) is 7.11 Å². The summed E-state index contributed by atoms with van der Waals surface area (Å²) >= 11 is 0. The molecule has 0 saturated carbocycles. The molecule has 0 aliphatic carbocycles. The molecule has 0 bridgehead atoms. The minimum absolute atomic E-state index is 0.267. The van der Waals surface area contributed by atoms with Gasteiger partial charge in [0, 0.05) is 0 Å². The predicted molar refractivity (Wildman–Crippen MR) is 130 cm³/mol. The summed E-state index contributed by atoms with van der Waals surface area (Å²) in [4.78, 5) is 12.0. The van der Waals surface area contributed by atoms with Crippen LogP contribution in [0.3, 0.4) is 0 Å². The summed E-state index contributed by atoms with van der Waals surface area (Å²) in [7, 11) is 1.43. The summed E-state index contributed by atoms with van der Waals surface area (Å²) < 4.78 is 4.93. The van der Waals surface area contributed by atoms with Crippen molar-refractivity contribution in [1.82, 2.24) is 0 Å². The smallest absolute Gasteiger partial charge is 0.338 e. The number of rotatable bonds is 6. The number of esters is 1. The molecule has 0 spiro atoms. The van der Waals surface area contributed by atoms with Gasteiger partial charge in [-0.05, 0) is 88.0 Å². The third-order valence-electron chi connectivity index (χ3n) is 6.43.